The molecule has 5 heteroatoms. The molecule has 0 heterocycles. The molecule has 8 heavy (non-hydrogen) atoms. The molecule has 0 saturated heterocycles. The Labute approximate surface area is 46.0 Å². The van der Waals surface area contributed by atoms with Crippen molar-refractivity contribution in [2.24, 2.45) is 0 Å². The van der Waals surface area contributed by atoms with Crippen LogP contribution in [0.4, 0.5) is 0 Å². The monoisotopic (exact) mass is 121 g/mol. The smallest absolute Gasteiger partial charge is 0.235 e. The second-order valence-electron chi connectivity index (χ2n) is 0.922. The van der Waals surface area contributed by atoms with Crippen LogP contribution in [0.2, 0.25) is 0 Å². The Bertz CT molecular complexity index is 66.3. The molecule has 5 nitrogen and oxygen atoms in total. The summed E-state index contributed by atoms with van der Waals surface area (Å²) in [5.74, 6) is 0. The van der Waals surface area contributed by atoms with Crippen molar-refractivity contribution in [1.29, 1.82) is 0 Å². The minimum atomic E-state index is -0.612. The van der Waals surface area contributed by atoms with Crippen molar-refractivity contribution in [3.8, 4) is 0 Å². The lowest BCUT2D eigenvalue weighted by Gasteiger charge is -2.09. The molecule has 0 rings (SSSR count). The minimum absolute atomic E-state index is 0.260. The number of hydrogen-bond acceptors (Lipinski definition) is 4. The van der Waals surface area contributed by atoms with Gasteiger partial charge in [0.1, 0.15) is 6.73 Å². The highest BCUT2D eigenvalue weighted by atomic mass is 16.7. The highest BCUT2D eigenvalue weighted by molar-refractivity contribution is 5.44. The molecular weight excluding hydrogens is 114 g/mol. The topological polar surface area (TPSA) is 70.0 Å². The van der Waals surface area contributed by atoms with Crippen LogP contribution >= 0.6 is 0 Å². The van der Waals surface area contributed by atoms with E-state index in [9.17, 15) is 4.79 Å². The molecule has 0 aliphatic heterocycles. The van der Waals surface area contributed by atoms with Crippen molar-refractivity contribution >= 4 is 6.41 Å². The largest absolute Gasteiger partial charge is 0.374 e. The standard InChI is InChI=1S/C3H7NO4/c5-1-4(2-6)8-3-7/h1,6-7H,2-3H2. The van der Waals surface area contributed by atoms with Crippen molar-refractivity contribution in [3.63, 3.8) is 0 Å². The summed E-state index contributed by atoms with van der Waals surface area (Å²) < 4.78 is 0. The molecule has 2 N–H and O–H groups in total. The Hall–Kier alpha value is -0.650. The van der Waals surface area contributed by atoms with Crippen LogP contribution in [-0.2, 0) is 9.63 Å². The SMILES string of the molecule is O=CN(CO)OCO. The Morgan fingerprint density at radius 1 is 1.62 bits per heavy atom. The van der Waals surface area contributed by atoms with E-state index in [2.05, 4.69) is 4.84 Å². The van der Waals surface area contributed by atoms with E-state index < -0.39 is 13.5 Å². The summed E-state index contributed by atoms with van der Waals surface area (Å²) in [5, 5.41) is 16.6. The average Bonchev–Trinajstić information content (AvgIpc) is 1.83. The zero-order valence-electron chi connectivity index (χ0n) is 4.15. The molecule has 0 radical (unpaired) electrons. The maximum absolute atomic E-state index is 9.66. The van der Waals surface area contributed by atoms with Gasteiger partial charge in [-0.2, -0.15) is 5.06 Å². The van der Waals surface area contributed by atoms with Gasteiger partial charge in [-0.15, -0.1) is 0 Å². The number of hydrogen-bond donors (Lipinski definition) is 2. The summed E-state index contributed by atoms with van der Waals surface area (Å²) in [7, 11) is 0. The van der Waals surface area contributed by atoms with Gasteiger partial charge in [0.2, 0.25) is 6.41 Å². The van der Waals surface area contributed by atoms with Gasteiger partial charge in [-0.05, 0) is 0 Å². The van der Waals surface area contributed by atoms with Gasteiger partial charge >= 0.3 is 0 Å². The molecule has 0 unspecified atom stereocenters. The maximum Gasteiger partial charge on any atom is 0.235 e. The molecule has 0 saturated carbocycles. The van der Waals surface area contributed by atoms with E-state index in [1.165, 1.54) is 0 Å². The van der Waals surface area contributed by atoms with E-state index in [1.54, 1.807) is 0 Å². The molecule has 0 aromatic rings. The maximum atomic E-state index is 9.66. The molecule has 0 aromatic heterocycles. The number of aliphatic hydroxyl groups excluding tert-OH is 2. The second-order valence-corrected chi connectivity index (χ2v) is 0.922. The van der Waals surface area contributed by atoms with Crippen LogP contribution < -0.4 is 0 Å². The fourth-order valence-corrected chi connectivity index (χ4v) is 0.179. The van der Waals surface area contributed by atoms with Crippen LogP contribution in [-0.4, -0.2) is 35.2 Å². The minimum Gasteiger partial charge on any atom is -0.374 e. The first-order valence-corrected chi connectivity index (χ1v) is 1.91. The number of hydroxylamine groups is 2. The first-order valence-electron chi connectivity index (χ1n) is 1.91. The Morgan fingerprint density at radius 2 is 2.25 bits per heavy atom. The normalized spacial score (nSPS) is 8.75. The van der Waals surface area contributed by atoms with Crippen molar-refractivity contribution in [2.75, 3.05) is 13.5 Å². The Kier molecular flexibility index (Phi) is 4.14. The molecule has 0 fully saturated rings. The molecule has 0 spiro atoms. The van der Waals surface area contributed by atoms with Crippen LogP contribution in [0.15, 0.2) is 0 Å². The molecular formula is C3H7NO4. The first-order chi connectivity index (χ1) is 3.85. The van der Waals surface area contributed by atoms with Gasteiger partial charge in [-0.25, -0.2) is 4.84 Å². The molecule has 0 aliphatic rings. The molecule has 0 bridgehead atoms. The summed E-state index contributed by atoms with van der Waals surface area (Å²) in [6.45, 7) is -1.16. The Balaban J connectivity index is 3.21. The van der Waals surface area contributed by atoms with Crippen LogP contribution in [0.5, 0.6) is 0 Å². The lowest BCUT2D eigenvalue weighted by atomic mass is 11.1. The Morgan fingerprint density at radius 3 is 2.38 bits per heavy atom. The van der Waals surface area contributed by atoms with Crippen molar-refractivity contribution in [1.82, 2.24) is 5.06 Å². The quantitative estimate of drug-likeness (QED) is 0.263. The lowest BCUT2D eigenvalue weighted by Crippen LogP contribution is -2.23. The van der Waals surface area contributed by atoms with Gasteiger partial charge in [0.15, 0.2) is 6.79 Å². The van der Waals surface area contributed by atoms with Gasteiger partial charge in [-0.1, -0.05) is 0 Å². The van der Waals surface area contributed by atoms with E-state index in [4.69, 9.17) is 10.2 Å². The zero-order chi connectivity index (χ0) is 6.41. The molecule has 48 valence electrons. The third-order valence-electron chi connectivity index (χ3n) is 0.481. The molecule has 1 amide bonds. The number of carbonyl (C=O) groups is 1. The average molecular weight is 121 g/mol. The van der Waals surface area contributed by atoms with E-state index in [0.717, 1.165) is 0 Å². The van der Waals surface area contributed by atoms with Crippen LogP contribution in [0.3, 0.4) is 0 Å². The third kappa shape index (κ3) is 2.51. The van der Waals surface area contributed by atoms with E-state index in [0.29, 0.717) is 5.06 Å². The van der Waals surface area contributed by atoms with E-state index in [1.807, 2.05) is 0 Å². The van der Waals surface area contributed by atoms with Crippen LogP contribution in [0.1, 0.15) is 0 Å². The third-order valence-corrected chi connectivity index (χ3v) is 0.481. The van der Waals surface area contributed by atoms with E-state index >= 15 is 0 Å². The van der Waals surface area contributed by atoms with E-state index in [-0.39, 0.29) is 6.41 Å². The number of nitrogens with zero attached hydrogens (tertiary/aromatic N) is 1. The van der Waals surface area contributed by atoms with Gasteiger partial charge in [0.05, 0.1) is 0 Å². The molecule has 0 aliphatic carbocycles. The van der Waals surface area contributed by atoms with Crippen molar-refractivity contribution in [2.45, 2.75) is 0 Å². The summed E-state index contributed by atoms with van der Waals surface area (Å²) >= 11 is 0. The fraction of sp³-hybridized carbons (Fsp3) is 0.667. The summed E-state index contributed by atoms with van der Waals surface area (Å²) in [4.78, 5) is 13.8. The van der Waals surface area contributed by atoms with Crippen molar-refractivity contribution in [3.05, 3.63) is 0 Å². The lowest BCUT2D eigenvalue weighted by molar-refractivity contribution is -0.222. The predicted molar refractivity (Wildman–Crippen MR) is 23.2 cm³/mol. The number of amides is 1. The highest BCUT2D eigenvalue weighted by Crippen LogP contribution is 1.77. The second kappa shape index (κ2) is 4.51. The fourth-order valence-electron chi connectivity index (χ4n) is 0.179. The van der Waals surface area contributed by atoms with Crippen molar-refractivity contribution < 1.29 is 19.8 Å². The number of carbonyl (C=O) groups excluding carboxylic acids is 1. The van der Waals surface area contributed by atoms with Gasteiger partial charge < -0.3 is 10.2 Å². The van der Waals surface area contributed by atoms with Gasteiger partial charge in [0, 0.05) is 0 Å². The predicted octanol–water partition coefficient (Wildman–Crippen LogP) is -1.72. The van der Waals surface area contributed by atoms with Crippen LogP contribution in [0, 0.1) is 0 Å². The first kappa shape index (κ1) is 7.35. The zero-order valence-corrected chi connectivity index (χ0v) is 4.15. The number of aliphatic hydroxyl groups is 2. The summed E-state index contributed by atoms with van der Waals surface area (Å²) in [6.07, 6.45) is 0.260. The summed E-state index contributed by atoms with van der Waals surface area (Å²) in [6, 6.07) is 0. The van der Waals surface area contributed by atoms with Crippen LogP contribution in [0.25, 0.3) is 0 Å². The number of rotatable bonds is 4. The van der Waals surface area contributed by atoms with Gasteiger partial charge in [-0.3, -0.25) is 4.79 Å². The summed E-state index contributed by atoms with van der Waals surface area (Å²) in [5.41, 5.74) is 0. The molecule has 0 atom stereocenters. The highest BCUT2D eigenvalue weighted by Gasteiger charge is 1.93. The molecule has 0 aromatic carbocycles. The van der Waals surface area contributed by atoms with Gasteiger partial charge in [0.25, 0.3) is 0 Å².